The average molecular weight is 619 g/mol. The molecule has 0 saturated carbocycles. The van der Waals surface area contributed by atoms with Crippen molar-refractivity contribution >= 4 is 15.7 Å². The smallest absolute Gasteiger partial charge is 0.261 e. The molecule has 1 fully saturated rings. The van der Waals surface area contributed by atoms with Crippen LogP contribution in [0.4, 0.5) is 5.69 Å². The number of nitrogens with zero attached hydrogens (tertiary/aromatic N) is 1. The van der Waals surface area contributed by atoms with Crippen LogP contribution in [-0.4, -0.2) is 54.9 Å². The van der Waals surface area contributed by atoms with Gasteiger partial charge in [0.2, 0.25) is 0 Å². The van der Waals surface area contributed by atoms with Crippen molar-refractivity contribution < 1.29 is 33.2 Å². The molecule has 1 aliphatic heterocycles. The number of hydrogen-bond acceptors (Lipinski definition) is 8. The summed E-state index contributed by atoms with van der Waals surface area (Å²) in [6, 6.07) is 29.3. The fourth-order valence-corrected chi connectivity index (χ4v) is 6.44. The summed E-state index contributed by atoms with van der Waals surface area (Å²) in [7, 11) is -1.83. The number of anilines is 1. The van der Waals surface area contributed by atoms with Crippen LogP contribution in [0.1, 0.15) is 47.7 Å². The molecule has 4 aromatic carbocycles. The molecule has 4 N–H and O–H groups in total. The van der Waals surface area contributed by atoms with E-state index in [0.29, 0.717) is 24.3 Å². The van der Waals surface area contributed by atoms with Crippen LogP contribution < -0.4 is 4.72 Å². The zero-order valence-corrected chi connectivity index (χ0v) is 25.5. The Balaban J connectivity index is 1.34. The van der Waals surface area contributed by atoms with Gasteiger partial charge in [-0.05, 0) is 60.1 Å². The van der Waals surface area contributed by atoms with Crippen LogP contribution >= 0.6 is 0 Å². The largest absolute Gasteiger partial charge is 0.508 e. The molecular weight excluding hydrogens is 580 g/mol. The van der Waals surface area contributed by atoms with E-state index in [1.54, 1.807) is 66.7 Å². The maximum absolute atomic E-state index is 12.8. The van der Waals surface area contributed by atoms with E-state index in [1.807, 2.05) is 36.2 Å². The quantitative estimate of drug-likeness (QED) is 0.182. The highest BCUT2D eigenvalue weighted by molar-refractivity contribution is 7.92. The van der Waals surface area contributed by atoms with Crippen molar-refractivity contribution in [3.63, 3.8) is 0 Å². The highest BCUT2D eigenvalue weighted by atomic mass is 32.2. The highest BCUT2D eigenvalue weighted by Gasteiger charge is 2.39. The summed E-state index contributed by atoms with van der Waals surface area (Å²) in [6.07, 6.45) is -2.14. The molecule has 5 atom stereocenters. The van der Waals surface area contributed by atoms with Crippen LogP contribution in [0.3, 0.4) is 0 Å². The van der Waals surface area contributed by atoms with Gasteiger partial charge in [-0.2, -0.15) is 0 Å². The maximum atomic E-state index is 12.8. The molecule has 0 aromatic heterocycles. The topological polar surface area (TPSA) is 129 Å². The lowest BCUT2D eigenvalue weighted by molar-refractivity contribution is -0.276. The van der Waals surface area contributed by atoms with Crippen LogP contribution in [0.25, 0.3) is 0 Å². The zero-order valence-electron chi connectivity index (χ0n) is 24.7. The molecule has 1 heterocycles. The number of hydrogen-bond donors (Lipinski definition) is 4. The third-order valence-electron chi connectivity index (χ3n) is 7.84. The van der Waals surface area contributed by atoms with E-state index in [1.165, 1.54) is 12.1 Å². The van der Waals surface area contributed by atoms with Crippen molar-refractivity contribution in [3.8, 4) is 5.75 Å². The van der Waals surface area contributed by atoms with Gasteiger partial charge in [0.05, 0.1) is 29.8 Å². The number of nitrogens with one attached hydrogen (secondary N) is 1. The first-order valence-electron chi connectivity index (χ1n) is 14.5. The monoisotopic (exact) mass is 618 g/mol. The van der Waals surface area contributed by atoms with Gasteiger partial charge in [0.25, 0.3) is 10.0 Å². The molecule has 0 spiro atoms. The maximum Gasteiger partial charge on any atom is 0.261 e. The molecule has 4 aromatic rings. The van der Waals surface area contributed by atoms with Crippen LogP contribution in [0.15, 0.2) is 108 Å². The number of sulfonamides is 1. The Morgan fingerprint density at radius 2 is 1.57 bits per heavy atom. The summed E-state index contributed by atoms with van der Waals surface area (Å²) in [5.74, 6) is 0.0333. The number of aliphatic hydroxyl groups excluding tert-OH is 2. The lowest BCUT2D eigenvalue weighted by Crippen LogP contribution is -2.44. The Morgan fingerprint density at radius 1 is 0.886 bits per heavy atom. The van der Waals surface area contributed by atoms with Crippen molar-refractivity contribution in [2.24, 2.45) is 5.92 Å². The normalized spacial score (nSPS) is 21.2. The fourth-order valence-electron chi connectivity index (χ4n) is 5.36. The molecule has 9 nitrogen and oxygen atoms in total. The molecule has 0 bridgehead atoms. The predicted molar refractivity (Wildman–Crippen MR) is 167 cm³/mol. The van der Waals surface area contributed by atoms with Gasteiger partial charge < -0.3 is 29.7 Å². The van der Waals surface area contributed by atoms with Gasteiger partial charge in [0.15, 0.2) is 6.29 Å². The van der Waals surface area contributed by atoms with E-state index in [4.69, 9.17) is 9.47 Å². The fraction of sp³-hybridized carbons (Fsp3) is 0.294. The van der Waals surface area contributed by atoms with E-state index < -0.39 is 22.4 Å². The van der Waals surface area contributed by atoms with Gasteiger partial charge >= 0.3 is 0 Å². The minimum absolute atomic E-state index is 0.0532. The standard InChI is InChI=1S/C34H38N2O7S/c1-23-32(21-36(2)20-31(39)27-7-6-8-29(38)19-27)42-34(43-33(23)25-13-11-24(22-37)12-14-25)26-15-17-28(18-16-26)35-44(40,41)30-9-4-3-5-10-30/h3-19,23,31-35,37-39H,20-22H2,1-2H3/t23-,31+,32+,33+,34+/m0/s1. The van der Waals surface area contributed by atoms with Crippen molar-refractivity contribution in [3.05, 3.63) is 125 Å². The van der Waals surface area contributed by atoms with Gasteiger partial charge in [-0.25, -0.2) is 8.42 Å². The summed E-state index contributed by atoms with van der Waals surface area (Å²) in [6.45, 7) is 2.83. The Kier molecular flexibility index (Phi) is 10.00. The Hall–Kier alpha value is -3.77. The van der Waals surface area contributed by atoms with Crippen LogP contribution in [0.2, 0.25) is 0 Å². The van der Waals surface area contributed by atoms with Crippen molar-refractivity contribution in [2.45, 2.75) is 43.0 Å². The number of phenolic OH excluding ortho intramolecular Hbond substituents is 1. The van der Waals surface area contributed by atoms with Gasteiger partial charge in [-0.15, -0.1) is 0 Å². The predicted octanol–water partition coefficient (Wildman–Crippen LogP) is 5.14. The molecule has 0 radical (unpaired) electrons. The average Bonchev–Trinajstić information content (AvgIpc) is 3.03. The lowest BCUT2D eigenvalue weighted by atomic mass is 9.90. The van der Waals surface area contributed by atoms with Gasteiger partial charge in [-0.3, -0.25) is 4.72 Å². The van der Waals surface area contributed by atoms with Gasteiger partial charge in [0, 0.05) is 30.3 Å². The molecule has 5 rings (SSSR count). The zero-order chi connectivity index (χ0) is 31.3. The number of rotatable bonds is 11. The van der Waals surface area contributed by atoms with E-state index >= 15 is 0 Å². The second-order valence-electron chi connectivity index (χ2n) is 11.2. The summed E-state index contributed by atoms with van der Waals surface area (Å²) in [4.78, 5) is 2.17. The second-order valence-corrected chi connectivity index (χ2v) is 12.9. The van der Waals surface area contributed by atoms with E-state index in [-0.39, 0.29) is 35.4 Å². The third kappa shape index (κ3) is 7.65. The van der Waals surface area contributed by atoms with E-state index in [0.717, 1.165) is 16.7 Å². The van der Waals surface area contributed by atoms with Crippen molar-refractivity contribution in [2.75, 3.05) is 24.9 Å². The third-order valence-corrected chi connectivity index (χ3v) is 9.24. The van der Waals surface area contributed by atoms with Crippen LogP contribution in [0.5, 0.6) is 5.75 Å². The molecule has 44 heavy (non-hydrogen) atoms. The molecule has 10 heteroatoms. The highest BCUT2D eigenvalue weighted by Crippen LogP contribution is 2.42. The second kappa shape index (κ2) is 13.9. The van der Waals surface area contributed by atoms with Gasteiger partial charge in [0.1, 0.15) is 5.75 Å². The van der Waals surface area contributed by atoms with Crippen LogP contribution in [0, 0.1) is 5.92 Å². The summed E-state index contributed by atoms with van der Waals surface area (Å²) >= 11 is 0. The van der Waals surface area contributed by atoms with E-state index in [9.17, 15) is 23.7 Å². The van der Waals surface area contributed by atoms with Crippen LogP contribution in [-0.2, 0) is 26.1 Å². The molecule has 0 unspecified atom stereocenters. The Morgan fingerprint density at radius 3 is 2.23 bits per heavy atom. The molecule has 0 amide bonds. The summed E-state index contributed by atoms with van der Waals surface area (Å²) in [5, 5.41) is 30.1. The number of benzene rings is 4. The number of aromatic hydroxyl groups is 1. The first-order valence-corrected chi connectivity index (χ1v) is 16.0. The molecule has 1 aliphatic rings. The SMILES string of the molecule is C[C@H]1[C@@H](CN(C)C[C@@H](O)c2cccc(O)c2)O[C@@H](c2ccc(NS(=O)(=O)c3ccccc3)cc2)O[C@H]1c1ccc(CO)cc1. The number of phenols is 1. The molecule has 0 aliphatic carbocycles. The van der Waals surface area contributed by atoms with Crippen molar-refractivity contribution in [1.29, 1.82) is 0 Å². The Bertz CT molecular complexity index is 1620. The molecule has 232 valence electrons. The minimum atomic E-state index is -3.73. The first kappa shape index (κ1) is 31.6. The lowest BCUT2D eigenvalue weighted by Gasteiger charge is -2.42. The summed E-state index contributed by atoms with van der Waals surface area (Å²) in [5.41, 5.74) is 3.51. The van der Waals surface area contributed by atoms with Gasteiger partial charge in [-0.1, -0.05) is 73.7 Å². The molecular formula is C34H38N2O7S. The Labute approximate surface area is 258 Å². The minimum Gasteiger partial charge on any atom is -0.508 e. The summed E-state index contributed by atoms with van der Waals surface area (Å²) < 4.78 is 41.2. The first-order chi connectivity index (χ1) is 21.1. The number of ether oxygens (including phenoxy) is 2. The number of likely N-dealkylation sites (N-methyl/N-ethyl adjacent to an activating group) is 1. The molecule has 1 saturated heterocycles. The number of aliphatic hydroxyl groups is 2. The van der Waals surface area contributed by atoms with E-state index in [2.05, 4.69) is 11.6 Å². The van der Waals surface area contributed by atoms with Crippen molar-refractivity contribution in [1.82, 2.24) is 4.90 Å².